The van der Waals surface area contributed by atoms with Crippen molar-refractivity contribution < 1.29 is 18.9 Å². The van der Waals surface area contributed by atoms with Crippen LogP contribution in [0.1, 0.15) is 29.2 Å². The van der Waals surface area contributed by atoms with Crippen molar-refractivity contribution in [3.63, 3.8) is 0 Å². The summed E-state index contributed by atoms with van der Waals surface area (Å²) in [6.07, 6.45) is 31.2. The van der Waals surface area contributed by atoms with E-state index in [-0.39, 0.29) is 0 Å². The molecule has 0 bridgehead atoms. The van der Waals surface area contributed by atoms with Crippen LogP contribution in [0.3, 0.4) is 0 Å². The molecule has 0 aromatic heterocycles. The van der Waals surface area contributed by atoms with Gasteiger partial charge >= 0.3 is 0 Å². The first-order valence-electron chi connectivity index (χ1n) is 15.8. The second-order valence-corrected chi connectivity index (χ2v) is 10.4. The Bertz CT molecular complexity index is 2610. The van der Waals surface area contributed by atoms with E-state index in [0.29, 0.717) is 17.2 Å². The van der Waals surface area contributed by atoms with Crippen LogP contribution in [-0.4, -0.2) is 7.11 Å². The van der Waals surface area contributed by atoms with Gasteiger partial charge in [0.05, 0.1) is 7.11 Å². The summed E-state index contributed by atoms with van der Waals surface area (Å²) in [6, 6.07) is 23.4. The highest BCUT2D eigenvalue weighted by Crippen LogP contribution is 2.36. The van der Waals surface area contributed by atoms with E-state index < -0.39 is 0 Å². The van der Waals surface area contributed by atoms with Crippen LogP contribution in [-0.2, 0) is 0 Å². The fraction of sp³-hybridized carbons (Fsp3) is 0.0612. The van der Waals surface area contributed by atoms with Gasteiger partial charge in [0.1, 0.15) is 29.8 Å². The zero-order valence-corrected chi connectivity index (χ0v) is 29.1. The van der Waals surface area contributed by atoms with Crippen molar-refractivity contribution in [1.29, 1.82) is 0 Å². The zero-order chi connectivity index (χ0) is 37.7. The maximum absolute atomic E-state index is 5.69. The van der Waals surface area contributed by atoms with Crippen molar-refractivity contribution in [1.82, 2.24) is 0 Å². The fourth-order valence-corrected chi connectivity index (χ4v) is 4.84. The molecule has 0 amide bonds. The van der Waals surface area contributed by atoms with Crippen LogP contribution in [0.2, 0.25) is 0 Å². The summed E-state index contributed by atoms with van der Waals surface area (Å²) in [5.74, 6) is 31.2. The second kappa shape index (κ2) is 20.2. The summed E-state index contributed by atoms with van der Waals surface area (Å²) in [4.78, 5) is 0. The summed E-state index contributed by atoms with van der Waals surface area (Å²) in [5, 5.41) is 0. The molecule has 0 saturated carbocycles. The molecule has 4 aromatic rings. The fourth-order valence-electron chi connectivity index (χ4n) is 4.84. The predicted molar refractivity (Wildman–Crippen MR) is 214 cm³/mol. The van der Waals surface area contributed by atoms with Gasteiger partial charge in [-0.05, 0) is 136 Å². The lowest BCUT2D eigenvalue weighted by molar-refractivity contribution is 0.411. The highest BCUT2D eigenvalue weighted by atomic mass is 16.5. The van der Waals surface area contributed by atoms with Gasteiger partial charge in [0.2, 0.25) is 0 Å². The molecular weight excluding hydrogens is 653 g/mol. The highest BCUT2D eigenvalue weighted by molar-refractivity contribution is 5.85. The van der Waals surface area contributed by atoms with Gasteiger partial charge in [-0.3, -0.25) is 0 Å². The Labute approximate surface area is 312 Å². The van der Waals surface area contributed by atoms with Crippen molar-refractivity contribution in [2.45, 2.75) is 13.8 Å². The molecule has 4 rings (SSSR count). The number of hydrogen-bond donors (Lipinski definition) is 0. The van der Waals surface area contributed by atoms with E-state index in [4.69, 9.17) is 38.2 Å². The smallest absolute Gasteiger partial charge is 0.184 e. The maximum atomic E-state index is 5.69. The highest BCUT2D eigenvalue weighted by Gasteiger charge is 2.12. The average molecular weight is 681 g/mol. The lowest BCUT2D eigenvalue weighted by atomic mass is 9.94. The Morgan fingerprint density at radius 3 is 1.91 bits per heavy atom. The Kier molecular flexibility index (Phi) is 14.3. The number of aryl methyl sites for hydroxylation is 1. The van der Waals surface area contributed by atoms with E-state index in [1.54, 1.807) is 13.2 Å². The first-order chi connectivity index (χ1) is 26.0. The molecule has 0 unspecified atom stereocenters. The van der Waals surface area contributed by atoms with E-state index >= 15 is 0 Å². The van der Waals surface area contributed by atoms with E-state index in [2.05, 4.69) is 120 Å². The Hall–Kier alpha value is -8.40. The first-order valence-corrected chi connectivity index (χ1v) is 15.8. The van der Waals surface area contributed by atoms with Gasteiger partial charge in [-0.15, -0.1) is 19.3 Å². The van der Waals surface area contributed by atoms with E-state index in [1.165, 1.54) is 0 Å². The van der Waals surface area contributed by atoms with Crippen LogP contribution in [0.15, 0.2) is 78.9 Å². The monoisotopic (exact) mass is 680 g/mol. The minimum Gasteiger partial charge on any atom is -0.496 e. The average Bonchev–Trinajstić information content (AvgIpc) is 3.18. The van der Waals surface area contributed by atoms with Gasteiger partial charge in [-0.2, -0.15) is 0 Å². The largest absolute Gasteiger partial charge is 0.496 e. The van der Waals surface area contributed by atoms with Gasteiger partial charge in [0.15, 0.2) is 11.5 Å². The van der Waals surface area contributed by atoms with Gasteiger partial charge in [-0.25, -0.2) is 0 Å². The number of ether oxygens (including phenoxy) is 4. The number of hydrogen-bond acceptors (Lipinski definition) is 4. The SMILES string of the molecule is C#CC#CC#CC#CC#COc1cccc(-c2cc(C)c(OC)cc2/C=C/c2ccc(/C=C/C)c(-c3ccc(OC#CC#C)c(OC#CC#C)c3)c2)c1. The van der Waals surface area contributed by atoms with E-state index in [1.807, 2.05) is 74.5 Å². The van der Waals surface area contributed by atoms with Crippen molar-refractivity contribution in [2.75, 3.05) is 7.11 Å². The number of rotatable bonds is 9. The van der Waals surface area contributed by atoms with Crippen molar-refractivity contribution in [3.05, 3.63) is 101 Å². The molecule has 0 heterocycles. The third-order valence-corrected chi connectivity index (χ3v) is 7.08. The van der Waals surface area contributed by atoms with Gasteiger partial charge in [-0.1, -0.05) is 54.6 Å². The third-order valence-electron chi connectivity index (χ3n) is 7.08. The van der Waals surface area contributed by atoms with Crippen LogP contribution in [0.5, 0.6) is 23.0 Å². The number of benzene rings is 4. The zero-order valence-electron chi connectivity index (χ0n) is 29.1. The summed E-state index contributed by atoms with van der Waals surface area (Å²) >= 11 is 0. The van der Waals surface area contributed by atoms with Crippen LogP contribution in [0, 0.1) is 116 Å². The van der Waals surface area contributed by atoms with Crippen molar-refractivity contribution in [2.24, 2.45) is 0 Å². The molecule has 4 aromatic carbocycles. The molecule has 4 nitrogen and oxygen atoms in total. The Balaban J connectivity index is 1.71. The van der Waals surface area contributed by atoms with Crippen LogP contribution in [0.4, 0.5) is 0 Å². The number of allylic oxidation sites excluding steroid dienone is 1. The van der Waals surface area contributed by atoms with Crippen molar-refractivity contribution >= 4 is 18.2 Å². The molecule has 0 atom stereocenters. The van der Waals surface area contributed by atoms with Crippen LogP contribution >= 0.6 is 0 Å². The molecule has 0 aliphatic carbocycles. The maximum Gasteiger partial charge on any atom is 0.184 e. The molecule has 4 heteroatoms. The molecule has 0 radical (unpaired) electrons. The lowest BCUT2D eigenvalue weighted by Gasteiger charge is -2.13. The molecule has 0 fully saturated rings. The van der Waals surface area contributed by atoms with Gasteiger partial charge < -0.3 is 18.9 Å². The Morgan fingerprint density at radius 1 is 0.528 bits per heavy atom. The van der Waals surface area contributed by atoms with Gasteiger partial charge in [0, 0.05) is 35.5 Å². The first kappa shape index (κ1) is 37.4. The third kappa shape index (κ3) is 11.1. The number of methoxy groups -OCH3 is 1. The number of terminal acetylenes is 3. The van der Waals surface area contributed by atoms with E-state index in [0.717, 1.165) is 50.3 Å². The summed E-state index contributed by atoms with van der Waals surface area (Å²) in [5.41, 5.74) is 7.58. The second-order valence-electron chi connectivity index (χ2n) is 10.4. The quantitative estimate of drug-likeness (QED) is 0.131. The molecule has 0 aliphatic heterocycles. The molecule has 53 heavy (non-hydrogen) atoms. The Morgan fingerprint density at radius 2 is 1.19 bits per heavy atom. The van der Waals surface area contributed by atoms with Crippen molar-refractivity contribution in [3.8, 4) is 154 Å². The molecule has 0 N–H and O–H groups in total. The normalized spacial score (nSPS) is 9.06. The molecule has 0 aliphatic rings. The van der Waals surface area contributed by atoms with Crippen LogP contribution in [0.25, 0.3) is 40.5 Å². The van der Waals surface area contributed by atoms with E-state index in [9.17, 15) is 0 Å². The molecule has 0 spiro atoms. The molecule has 0 saturated heterocycles. The summed E-state index contributed by atoms with van der Waals surface area (Å²) in [7, 11) is 1.65. The lowest BCUT2D eigenvalue weighted by Crippen LogP contribution is -1.93. The van der Waals surface area contributed by atoms with Crippen LogP contribution < -0.4 is 18.9 Å². The molecule has 248 valence electrons. The predicted octanol–water partition coefficient (Wildman–Crippen LogP) is 8.47. The minimum absolute atomic E-state index is 0.335. The summed E-state index contributed by atoms with van der Waals surface area (Å²) in [6.45, 7) is 3.97. The van der Waals surface area contributed by atoms with Gasteiger partial charge in [0.25, 0.3) is 0 Å². The standard InChI is InChI=1S/C49H28O4/c1-7-11-14-15-16-17-18-19-32-51-44-23-20-22-41(35-44)45-33-38(5)48(50-6)36-42(45)27-25-39-24-26-40(21-10-4)46(34-39)43-28-29-47(52-30-12-8-2)49(37-43)53-31-13-9-3/h1-3,10,20-29,33-37H,4-6H3/b21-10+,27-25+. The topological polar surface area (TPSA) is 36.9 Å². The molecular formula is C49H28O4. The summed E-state index contributed by atoms with van der Waals surface area (Å²) < 4.78 is 22.5. The minimum atomic E-state index is 0.335.